The van der Waals surface area contributed by atoms with Crippen LogP contribution in [0.1, 0.15) is 26.7 Å². The van der Waals surface area contributed by atoms with E-state index < -0.39 is 6.10 Å². The number of benzene rings is 3. The van der Waals surface area contributed by atoms with Crippen LogP contribution in [-0.4, -0.2) is 18.7 Å². The normalized spacial score (nSPS) is 12.2. The molecule has 0 saturated heterocycles. The summed E-state index contributed by atoms with van der Waals surface area (Å²) in [5.41, 5.74) is 0. The molecule has 0 radical (unpaired) electrons. The van der Waals surface area contributed by atoms with Crippen LogP contribution in [0.3, 0.4) is 0 Å². The molecule has 0 amide bonds. The molecule has 124 valence electrons. The molecule has 0 aliphatic rings. The second-order valence-corrected chi connectivity index (χ2v) is 5.82. The number of esters is 1. The van der Waals surface area contributed by atoms with Crippen molar-refractivity contribution >= 4 is 27.5 Å². The molecule has 3 rings (SSSR count). The van der Waals surface area contributed by atoms with Crippen LogP contribution in [0.15, 0.2) is 54.6 Å². The third-order valence-electron chi connectivity index (χ3n) is 4.08. The number of ether oxygens (including phenoxy) is 2. The van der Waals surface area contributed by atoms with Gasteiger partial charge in [0.05, 0.1) is 6.61 Å². The molecule has 0 aliphatic heterocycles. The monoisotopic (exact) mass is 322 g/mol. The average Bonchev–Trinajstić information content (AvgIpc) is 2.60. The maximum absolute atomic E-state index is 12.1. The van der Waals surface area contributed by atoms with E-state index in [0.29, 0.717) is 13.0 Å². The Morgan fingerprint density at radius 2 is 1.67 bits per heavy atom. The first kappa shape index (κ1) is 16.3. The fourth-order valence-corrected chi connectivity index (χ4v) is 2.92. The van der Waals surface area contributed by atoms with Gasteiger partial charge in [0, 0.05) is 5.39 Å². The largest absolute Gasteiger partial charge is 0.478 e. The van der Waals surface area contributed by atoms with E-state index in [1.165, 1.54) is 5.39 Å². The third-order valence-corrected chi connectivity index (χ3v) is 4.08. The van der Waals surface area contributed by atoms with Gasteiger partial charge in [-0.1, -0.05) is 49.7 Å². The van der Waals surface area contributed by atoms with Gasteiger partial charge in [-0.3, -0.25) is 0 Å². The van der Waals surface area contributed by atoms with Crippen LogP contribution in [0.5, 0.6) is 5.75 Å². The van der Waals surface area contributed by atoms with Crippen molar-refractivity contribution < 1.29 is 14.3 Å². The standard InChI is InChI=1S/C21H22O3/c1-3-8-20(21(22)23-4-2)24-19-12-7-11-17-13-15-9-5-6-10-16(15)14-18(17)19/h5-7,9-14,20H,3-4,8H2,1-2H3. The van der Waals surface area contributed by atoms with E-state index in [-0.39, 0.29) is 5.97 Å². The Balaban J connectivity index is 2.01. The minimum absolute atomic E-state index is 0.294. The zero-order chi connectivity index (χ0) is 16.9. The van der Waals surface area contributed by atoms with E-state index in [9.17, 15) is 4.79 Å². The van der Waals surface area contributed by atoms with Crippen LogP contribution in [0.4, 0.5) is 0 Å². The molecular formula is C21H22O3. The highest BCUT2D eigenvalue weighted by atomic mass is 16.6. The molecule has 0 spiro atoms. The second-order valence-electron chi connectivity index (χ2n) is 5.82. The van der Waals surface area contributed by atoms with Crippen LogP contribution in [0.2, 0.25) is 0 Å². The summed E-state index contributed by atoms with van der Waals surface area (Å²) < 4.78 is 11.2. The summed E-state index contributed by atoms with van der Waals surface area (Å²) in [6.07, 6.45) is 0.937. The van der Waals surface area contributed by atoms with Gasteiger partial charge >= 0.3 is 5.97 Å². The minimum Gasteiger partial charge on any atom is -0.478 e. The first-order valence-electron chi connectivity index (χ1n) is 8.47. The molecule has 0 aliphatic carbocycles. The Hall–Kier alpha value is -2.55. The van der Waals surface area contributed by atoms with Crippen LogP contribution >= 0.6 is 0 Å². The molecule has 0 saturated carbocycles. The van der Waals surface area contributed by atoms with Gasteiger partial charge in [-0.25, -0.2) is 4.79 Å². The van der Waals surface area contributed by atoms with E-state index in [1.807, 2.05) is 38.1 Å². The van der Waals surface area contributed by atoms with E-state index in [4.69, 9.17) is 9.47 Å². The predicted molar refractivity (Wildman–Crippen MR) is 97.4 cm³/mol. The zero-order valence-corrected chi connectivity index (χ0v) is 14.1. The van der Waals surface area contributed by atoms with Gasteiger partial charge in [-0.15, -0.1) is 0 Å². The van der Waals surface area contributed by atoms with Gasteiger partial charge in [0.2, 0.25) is 0 Å². The second kappa shape index (κ2) is 7.35. The molecule has 3 heteroatoms. The van der Waals surface area contributed by atoms with Gasteiger partial charge in [-0.05, 0) is 47.7 Å². The molecule has 0 bridgehead atoms. The topological polar surface area (TPSA) is 35.5 Å². The molecule has 3 aromatic rings. The predicted octanol–water partition coefficient (Wildman–Crippen LogP) is 5.10. The lowest BCUT2D eigenvalue weighted by atomic mass is 10.0. The quantitative estimate of drug-likeness (QED) is 0.467. The van der Waals surface area contributed by atoms with Crippen molar-refractivity contribution in [3.63, 3.8) is 0 Å². The van der Waals surface area contributed by atoms with Gasteiger partial charge < -0.3 is 9.47 Å². The van der Waals surface area contributed by atoms with E-state index in [0.717, 1.165) is 28.3 Å². The van der Waals surface area contributed by atoms with Crippen molar-refractivity contribution in [3.8, 4) is 5.75 Å². The Kier molecular flexibility index (Phi) is 4.99. The molecule has 0 heterocycles. The van der Waals surface area contributed by atoms with Crippen molar-refractivity contribution in [1.29, 1.82) is 0 Å². The average molecular weight is 322 g/mol. The maximum Gasteiger partial charge on any atom is 0.347 e. The number of carbonyl (C=O) groups is 1. The van der Waals surface area contributed by atoms with Crippen LogP contribution in [0, 0.1) is 0 Å². The van der Waals surface area contributed by atoms with Gasteiger partial charge in [0.15, 0.2) is 6.10 Å². The number of hydrogen-bond donors (Lipinski definition) is 0. The zero-order valence-electron chi connectivity index (χ0n) is 14.1. The lowest BCUT2D eigenvalue weighted by molar-refractivity contribution is -0.151. The fraction of sp³-hybridized carbons (Fsp3) is 0.286. The molecule has 0 aromatic heterocycles. The van der Waals surface area contributed by atoms with Crippen molar-refractivity contribution in [3.05, 3.63) is 54.6 Å². The van der Waals surface area contributed by atoms with E-state index in [1.54, 1.807) is 0 Å². The number of rotatable bonds is 6. The number of fused-ring (bicyclic) bond motifs is 2. The highest BCUT2D eigenvalue weighted by Gasteiger charge is 2.21. The van der Waals surface area contributed by atoms with Gasteiger partial charge in [0.1, 0.15) is 5.75 Å². The first-order chi connectivity index (χ1) is 11.7. The first-order valence-corrected chi connectivity index (χ1v) is 8.47. The number of carbonyl (C=O) groups excluding carboxylic acids is 1. The van der Waals surface area contributed by atoms with Crippen LogP contribution in [-0.2, 0) is 9.53 Å². The van der Waals surface area contributed by atoms with E-state index >= 15 is 0 Å². The van der Waals surface area contributed by atoms with Crippen LogP contribution < -0.4 is 4.74 Å². The Labute approximate surface area is 142 Å². The van der Waals surface area contributed by atoms with Crippen molar-refractivity contribution in [2.45, 2.75) is 32.8 Å². The Morgan fingerprint density at radius 3 is 2.38 bits per heavy atom. The summed E-state index contributed by atoms with van der Waals surface area (Å²) >= 11 is 0. The molecule has 0 N–H and O–H groups in total. The van der Waals surface area contributed by atoms with Gasteiger partial charge in [0.25, 0.3) is 0 Å². The molecule has 1 unspecified atom stereocenters. The molecular weight excluding hydrogens is 300 g/mol. The maximum atomic E-state index is 12.1. The molecule has 1 atom stereocenters. The summed E-state index contributed by atoms with van der Waals surface area (Å²) in [5, 5.41) is 4.47. The Morgan fingerprint density at radius 1 is 0.958 bits per heavy atom. The SMILES string of the molecule is CCCC(Oc1cccc2cc3ccccc3cc12)C(=O)OCC. The number of hydrogen-bond acceptors (Lipinski definition) is 3. The summed E-state index contributed by atoms with van der Waals surface area (Å²) in [7, 11) is 0. The van der Waals surface area contributed by atoms with Crippen LogP contribution in [0.25, 0.3) is 21.5 Å². The highest BCUT2D eigenvalue weighted by molar-refractivity contribution is 6.01. The molecule has 3 nitrogen and oxygen atoms in total. The molecule has 0 fully saturated rings. The lowest BCUT2D eigenvalue weighted by Gasteiger charge is -2.18. The highest BCUT2D eigenvalue weighted by Crippen LogP contribution is 2.31. The summed E-state index contributed by atoms with van der Waals surface area (Å²) in [6.45, 7) is 4.21. The fourth-order valence-electron chi connectivity index (χ4n) is 2.92. The van der Waals surface area contributed by atoms with Crippen molar-refractivity contribution in [2.24, 2.45) is 0 Å². The molecule has 24 heavy (non-hydrogen) atoms. The third kappa shape index (κ3) is 3.35. The van der Waals surface area contributed by atoms with Crippen molar-refractivity contribution in [1.82, 2.24) is 0 Å². The molecule has 3 aromatic carbocycles. The summed E-state index contributed by atoms with van der Waals surface area (Å²) in [4.78, 5) is 12.1. The van der Waals surface area contributed by atoms with Gasteiger partial charge in [-0.2, -0.15) is 0 Å². The smallest absolute Gasteiger partial charge is 0.347 e. The van der Waals surface area contributed by atoms with Crippen molar-refractivity contribution in [2.75, 3.05) is 6.61 Å². The lowest BCUT2D eigenvalue weighted by Crippen LogP contribution is -2.29. The van der Waals surface area contributed by atoms with E-state index in [2.05, 4.69) is 30.3 Å². The summed E-state index contributed by atoms with van der Waals surface area (Å²) in [5.74, 6) is 0.432. The minimum atomic E-state index is -0.563. The summed E-state index contributed by atoms with van der Waals surface area (Å²) in [6, 6.07) is 18.4. The Bertz CT molecular complexity index is 854.